The minimum absolute atomic E-state index is 0.126. The van der Waals surface area contributed by atoms with E-state index in [0.29, 0.717) is 22.2 Å². The SMILES string of the molecule is C[C@@H]1CCCCN1c1ccc([N+](=O)[O-])cc1C(=O)n1cc(C#N)c2ccccc21. The summed E-state index contributed by atoms with van der Waals surface area (Å²) in [5, 5.41) is 21.5. The second-order valence-electron chi connectivity index (χ2n) is 7.34. The number of piperidine rings is 1. The topological polar surface area (TPSA) is 92.2 Å². The predicted molar refractivity (Wildman–Crippen MR) is 110 cm³/mol. The summed E-state index contributed by atoms with van der Waals surface area (Å²) in [6, 6.07) is 14.0. The van der Waals surface area contributed by atoms with Crippen LogP contribution >= 0.6 is 0 Å². The van der Waals surface area contributed by atoms with E-state index in [-0.39, 0.29) is 23.2 Å². The minimum atomic E-state index is -0.491. The molecule has 4 rings (SSSR count). The van der Waals surface area contributed by atoms with E-state index in [9.17, 15) is 20.2 Å². The number of nitro benzene ring substituents is 1. The van der Waals surface area contributed by atoms with Crippen molar-refractivity contribution in [2.24, 2.45) is 0 Å². The van der Waals surface area contributed by atoms with E-state index in [1.165, 1.54) is 22.9 Å². The minimum Gasteiger partial charge on any atom is -0.368 e. The van der Waals surface area contributed by atoms with Gasteiger partial charge in [-0.05, 0) is 38.3 Å². The lowest BCUT2D eigenvalue weighted by Crippen LogP contribution is -2.38. The molecule has 2 heterocycles. The van der Waals surface area contributed by atoms with Gasteiger partial charge >= 0.3 is 0 Å². The van der Waals surface area contributed by atoms with Crippen molar-refractivity contribution < 1.29 is 9.72 Å². The standard InChI is InChI=1S/C22H20N4O3/c1-15-6-4-5-11-24(15)21-10-9-17(26(28)29)12-19(21)22(27)25-14-16(13-23)18-7-2-3-8-20(18)25/h2-3,7-10,12,14-15H,4-6,11H2,1H3/t15-/m1/s1. The van der Waals surface area contributed by atoms with Crippen LogP contribution in [0.2, 0.25) is 0 Å². The van der Waals surface area contributed by atoms with Gasteiger partial charge in [-0.1, -0.05) is 18.2 Å². The predicted octanol–water partition coefficient (Wildman–Crippen LogP) is 4.49. The number of nitro groups is 1. The number of fused-ring (bicyclic) bond motifs is 1. The number of para-hydroxylation sites is 1. The molecule has 0 unspecified atom stereocenters. The van der Waals surface area contributed by atoms with Crippen molar-refractivity contribution in [2.45, 2.75) is 32.2 Å². The third-order valence-corrected chi connectivity index (χ3v) is 5.58. The lowest BCUT2D eigenvalue weighted by atomic mass is 10.0. The summed E-state index contributed by atoms with van der Waals surface area (Å²) >= 11 is 0. The number of nitriles is 1. The molecule has 0 aliphatic carbocycles. The van der Waals surface area contributed by atoms with Crippen LogP contribution < -0.4 is 4.90 Å². The third kappa shape index (κ3) is 3.23. The van der Waals surface area contributed by atoms with Crippen LogP contribution in [0.15, 0.2) is 48.7 Å². The van der Waals surface area contributed by atoms with Gasteiger partial charge in [-0.3, -0.25) is 19.5 Å². The Morgan fingerprint density at radius 2 is 2.03 bits per heavy atom. The summed E-state index contributed by atoms with van der Waals surface area (Å²) in [7, 11) is 0. The van der Waals surface area contributed by atoms with Gasteiger partial charge in [0.1, 0.15) is 6.07 Å². The molecular weight excluding hydrogens is 368 g/mol. The molecule has 2 aromatic carbocycles. The second-order valence-corrected chi connectivity index (χ2v) is 7.34. The quantitative estimate of drug-likeness (QED) is 0.487. The normalized spacial score (nSPS) is 16.6. The smallest absolute Gasteiger partial charge is 0.270 e. The highest BCUT2D eigenvalue weighted by molar-refractivity contribution is 6.07. The van der Waals surface area contributed by atoms with Crippen LogP contribution in [-0.2, 0) is 0 Å². The summed E-state index contributed by atoms with van der Waals surface area (Å²) < 4.78 is 1.42. The number of rotatable bonds is 3. The fourth-order valence-corrected chi connectivity index (χ4v) is 4.08. The second kappa shape index (κ2) is 7.40. The third-order valence-electron chi connectivity index (χ3n) is 5.58. The molecule has 0 N–H and O–H groups in total. The monoisotopic (exact) mass is 388 g/mol. The van der Waals surface area contributed by atoms with Crippen molar-refractivity contribution >= 4 is 28.2 Å². The Labute approximate surface area is 167 Å². The van der Waals surface area contributed by atoms with Crippen LogP contribution in [0.4, 0.5) is 11.4 Å². The van der Waals surface area contributed by atoms with Crippen molar-refractivity contribution in [1.82, 2.24) is 4.57 Å². The Hall–Kier alpha value is -3.66. The number of non-ortho nitro benzene ring substituents is 1. The highest BCUT2D eigenvalue weighted by Crippen LogP contribution is 2.32. The molecule has 1 fully saturated rings. The number of hydrogen-bond acceptors (Lipinski definition) is 5. The number of anilines is 1. The van der Waals surface area contributed by atoms with Crippen LogP contribution in [-0.4, -0.2) is 28.0 Å². The first-order chi connectivity index (χ1) is 14.0. The molecule has 1 aromatic heterocycles. The molecule has 1 aliphatic rings. The summed E-state index contributed by atoms with van der Waals surface area (Å²) in [5.41, 5.74) is 1.85. The van der Waals surface area contributed by atoms with E-state index in [1.807, 2.05) is 6.07 Å². The Bertz CT molecular complexity index is 1160. The van der Waals surface area contributed by atoms with Gasteiger partial charge in [0.2, 0.25) is 0 Å². The number of benzene rings is 2. The molecule has 0 radical (unpaired) electrons. The van der Waals surface area contributed by atoms with Crippen LogP contribution in [0, 0.1) is 21.4 Å². The average molecular weight is 388 g/mol. The van der Waals surface area contributed by atoms with E-state index in [2.05, 4.69) is 17.9 Å². The number of aromatic nitrogens is 1. The molecular formula is C22H20N4O3. The molecule has 1 atom stereocenters. The number of nitrogens with zero attached hydrogens (tertiary/aromatic N) is 4. The van der Waals surface area contributed by atoms with E-state index in [1.54, 1.807) is 24.3 Å². The fraction of sp³-hybridized carbons (Fsp3) is 0.273. The summed E-state index contributed by atoms with van der Waals surface area (Å²) in [4.78, 5) is 26.6. The highest BCUT2D eigenvalue weighted by Gasteiger charge is 2.27. The molecule has 0 spiro atoms. The average Bonchev–Trinajstić information content (AvgIpc) is 3.12. The zero-order valence-corrected chi connectivity index (χ0v) is 16.0. The van der Waals surface area contributed by atoms with Gasteiger partial charge in [-0.25, -0.2) is 0 Å². The first-order valence-corrected chi connectivity index (χ1v) is 9.61. The van der Waals surface area contributed by atoms with E-state index in [0.717, 1.165) is 25.8 Å². The summed E-state index contributed by atoms with van der Waals surface area (Å²) in [5.74, 6) is -0.376. The number of hydrogen-bond donors (Lipinski definition) is 0. The van der Waals surface area contributed by atoms with Crippen molar-refractivity contribution in [3.8, 4) is 6.07 Å². The fourth-order valence-electron chi connectivity index (χ4n) is 4.08. The van der Waals surface area contributed by atoms with Gasteiger partial charge < -0.3 is 4.90 Å². The molecule has 7 heteroatoms. The Kier molecular flexibility index (Phi) is 4.77. The molecule has 29 heavy (non-hydrogen) atoms. The molecule has 1 aliphatic heterocycles. The molecule has 1 saturated heterocycles. The number of carbonyl (C=O) groups excluding carboxylic acids is 1. The van der Waals surface area contributed by atoms with Gasteiger partial charge in [0.25, 0.3) is 11.6 Å². The zero-order chi connectivity index (χ0) is 20.5. The molecule has 3 aromatic rings. The first kappa shape index (κ1) is 18.7. The maximum Gasteiger partial charge on any atom is 0.270 e. The number of carbonyl (C=O) groups is 1. The first-order valence-electron chi connectivity index (χ1n) is 9.61. The maximum absolute atomic E-state index is 13.5. The van der Waals surface area contributed by atoms with Crippen molar-refractivity contribution in [3.63, 3.8) is 0 Å². The Balaban J connectivity index is 1.89. The molecule has 146 valence electrons. The van der Waals surface area contributed by atoms with Gasteiger partial charge in [-0.2, -0.15) is 5.26 Å². The summed E-state index contributed by atoms with van der Waals surface area (Å²) in [6.45, 7) is 2.91. The Morgan fingerprint density at radius 1 is 1.24 bits per heavy atom. The van der Waals surface area contributed by atoms with Crippen LogP contribution in [0.3, 0.4) is 0 Å². The molecule has 7 nitrogen and oxygen atoms in total. The van der Waals surface area contributed by atoms with Gasteiger partial charge in [0.15, 0.2) is 0 Å². The van der Waals surface area contributed by atoms with E-state index < -0.39 is 4.92 Å². The zero-order valence-electron chi connectivity index (χ0n) is 16.0. The van der Waals surface area contributed by atoms with E-state index in [4.69, 9.17) is 0 Å². The van der Waals surface area contributed by atoms with Crippen LogP contribution in [0.25, 0.3) is 10.9 Å². The molecule has 0 amide bonds. The van der Waals surface area contributed by atoms with Crippen molar-refractivity contribution in [3.05, 3.63) is 69.9 Å². The van der Waals surface area contributed by atoms with Crippen molar-refractivity contribution in [2.75, 3.05) is 11.4 Å². The molecule has 0 saturated carbocycles. The summed E-state index contributed by atoms with van der Waals surface area (Å²) in [6.07, 6.45) is 4.66. The lowest BCUT2D eigenvalue weighted by Gasteiger charge is -2.36. The lowest BCUT2D eigenvalue weighted by molar-refractivity contribution is -0.384. The highest BCUT2D eigenvalue weighted by atomic mass is 16.6. The molecule has 0 bridgehead atoms. The Morgan fingerprint density at radius 3 is 2.76 bits per heavy atom. The largest absolute Gasteiger partial charge is 0.368 e. The van der Waals surface area contributed by atoms with E-state index >= 15 is 0 Å². The van der Waals surface area contributed by atoms with Crippen LogP contribution in [0.5, 0.6) is 0 Å². The maximum atomic E-state index is 13.5. The van der Waals surface area contributed by atoms with Crippen molar-refractivity contribution in [1.29, 1.82) is 5.26 Å². The van der Waals surface area contributed by atoms with Crippen LogP contribution in [0.1, 0.15) is 42.1 Å². The van der Waals surface area contributed by atoms with Gasteiger partial charge in [0, 0.05) is 36.3 Å². The van der Waals surface area contributed by atoms with Gasteiger partial charge in [-0.15, -0.1) is 0 Å². The van der Waals surface area contributed by atoms with Gasteiger partial charge in [0.05, 0.1) is 27.3 Å².